The Hall–Kier alpha value is -2.10. The quantitative estimate of drug-likeness (QED) is 0.582. The summed E-state index contributed by atoms with van der Waals surface area (Å²) in [6.45, 7) is 0. The highest BCUT2D eigenvalue weighted by Gasteiger charge is 2.41. The van der Waals surface area contributed by atoms with Crippen LogP contribution in [-0.4, -0.2) is 17.2 Å². The fourth-order valence-corrected chi connectivity index (χ4v) is 2.06. The van der Waals surface area contributed by atoms with Crippen LogP contribution in [0.1, 0.15) is 11.1 Å². The predicted octanol–water partition coefficient (Wildman–Crippen LogP) is 0.165. The first kappa shape index (κ1) is 6.37. The molecule has 0 saturated heterocycles. The SMILES string of the molecule is O=C1C2=NN=C1c1c2ccc2c(=O)c12. The zero-order valence-electron chi connectivity index (χ0n) is 6.87. The average molecular weight is 182 g/mol. The summed E-state index contributed by atoms with van der Waals surface area (Å²) in [6.07, 6.45) is 0. The number of nitrogens with zero attached hydrogens (tertiary/aromatic N) is 2. The number of carbonyl (C=O) groups is 1. The number of carbonyl (C=O) groups excluding carboxylic acids is 1. The molecule has 4 heteroatoms. The summed E-state index contributed by atoms with van der Waals surface area (Å²) in [6, 6.07) is 3.52. The molecule has 1 aliphatic heterocycles. The van der Waals surface area contributed by atoms with Crippen LogP contribution in [-0.2, 0) is 4.79 Å². The van der Waals surface area contributed by atoms with E-state index in [0.717, 1.165) is 5.56 Å². The Labute approximate surface area is 77.2 Å². The Balaban J connectivity index is 2.28. The molecule has 0 fully saturated rings. The molecule has 0 radical (unpaired) electrons. The lowest BCUT2D eigenvalue weighted by molar-refractivity contribution is -0.106. The van der Waals surface area contributed by atoms with Crippen LogP contribution >= 0.6 is 0 Å². The Morgan fingerprint density at radius 3 is 2.64 bits per heavy atom. The van der Waals surface area contributed by atoms with E-state index in [1.165, 1.54) is 0 Å². The second-order valence-corrected chi connectivity index (χ2v) is 3.47. The van der Waals surface area contributed by atoms with Gasteiger partial charge in [-0.15, -0.1) is 10.2 Å². The maximum atomic E-state index is 11.5. The first-order valence-electron chi connectivity index (χ1n) is 4.22. The Kier molecular flexibility index (Phi) is 0.724. The maximum absolute atomic E-state index is 11.5. The lowest BCUT2D eigenvalue weighted by Gasteiger charge is -1.96. The molecular formula is C10H2N2O2. The number of fused-ring (bicyclic) bond motifs is 7. The molecular weight excluding hydrogens is 180 g/mol. The van der Waals surface area contributed by atoms with Gasteiger partial charge in [-0.1, -0.05) is 6.07 Å². The third-order valence-electron chi connectivity index (χ3n) is 2.79. The van der Waals surface area contributed by atoms with Gasteiger partial charge >= 0.3 is 0 Å². The summed E-state index contributed by atoms with van der Waals surface area (Å²) < 4.78 is 0. The number of hydrogen-bond acceptors (Lipinski definition) is 4. The fraction of sp³-hybridized carbons (Fsp3) is 0. The molecule has 0 saturated carbocycles. The topological polar surface area (TPSA) is 58.9 Å². The van der Waals surface area contributed by atoms with Crippen LogP contribution in [0.5, 0.6) is 0 Å². The molecule has 2 aliphatic rings. The maximum Gasteiger partial charge on any atom is 0.234 e. The molecule has 2 aromatic rings. The molecule has 0 unspecified atom stereocenters. The Morgan fingerprint density at radius 1 is 1.00 bits per heavy atom. The van der Waals surface area contributed by atoms with E-state index in [9.17, 15) is 9.59 Å². The van der Waals surface area contributed by atoms with Crippen LogP contribution in [0.4, 0.5) is 0 Å². The van der Waals surface area contributed by atoms with E-state index in [0.29, 0.717) is 27.8 Å². The molecule has 0 N–H and O–H groups in total. The van der Waals surface area contributed by atoms with Gasteiger partial charge in [-0.2, -0.15) is 0 Å². The first-order valence-corrected chi connectivity index (χ1v) is 4.22. The first-order chi connectivity index (χ1) is 6.79. The highest BCUT2D eigenvalue weighted by Crippen LogP contribution is 2.32. The summed E-state index contributed by atoms with van der Waals surface area (Å²) in [4.78, 5) is 22.8. The molecule has 0 amide bonds. The van der Waals surface area contributed by atoms with Crippen LogP contribution in [0.2, 0.25) is 0 Å². The van der Waals surface area contributed by atoms with Crippen molar-refractivity contribution in [2.75, 3.05) is 0 Å². The van der Waals surface area contributed by atoms with E-state index >= 15 is 0 Å². The predicted molar refractivity (Wildman–Crippen MR) is 50.7 cm³/mol. The zero-order chi connectivity index (χ0) is 9.45. The van der Waals surface area contributed by atoms with Gasteiger partial charge in [0, 0.05) is 21.9 Å². The normalized spacial score (nSPS) is 17.9. The van der Waals surface area contributed by atoms with Gasteiger partial charge in [0.25, 0.3) is 0 Å². The second-order valence-electron chi connectivity index (χ2n) is 3.47. The minimum Gasteiger partial charge on any atom is -0.289 e. The van der Waals surface area contributed by atoms with Gasteiger partial charge in [0.2, 0.25) is 5.78 Å². The number of ketones is 1. The Bertz CT molecular complexity index is 712. The molecule has 0 atom stereocenters. The van der Waals surface area contributed by atoms with E-state index in [2.05, 4.69) is 10.2 Å². The van der Waals surface area contributed by atoms with Crippen molar-refractivity contribution in [3.8, 4) is 0 Å². The number of Topliss-reactive ketones (excluding diaryl/α,β-unsaturated/α-hetero) is 1. The number of hydrogen-bond donors (Lipinski definition) is 0. The van der Waals surface area contributed by atoms with Crippen molar-refractivity contribution in [2.45, 2.75) is 0 Å². The highest BCUT2D eigenvalue weighted by molar-refractivity contribution is 6.79. The van der Waals surface area contributed by atoms with Crippen molar-refractivity contribution >= 4 is 28.0 Å². The smallest absolute Gasteiger partial charge is 0.234 e. The molecule has 1 aliphatic carbocycles. The fourth-order valence-electron chi connectivity index (χ4n) is 2.06. The molecule has 64 valence electrons. The summed E-state index contributed by atoms with van der Waals surface area (Å²) in [5, 5.41) is 8.90. The largest absolute Gasteiger partial charge is 0.289 e. The molecule has 0 spiro atoms. The summed E-state index contributed by atoms with van der Waals surface area (Å²) in [5.41, 5.74) is 2.25. The van der Waals surface area contributed by atoms with Gasteiger partial charge in [-0.25, -0.2) is 0 Å². The standard InChI is InChI=1S/C10H2N2O2/c13-9-4-2-1-3-5(6(4)9)8-10(14)7(3)11-12-8/h1-2H. The van der Waals surface area contributed by atoms with Gasteiger partial charge in [0.05, 0.1) is 0 Å². The highest BCUT2D eigenvalue weighted by atomic mass is 16.1. The van der Waals surface area contributed by atoms with E-state index in [4.69, 9.17) is 0 Å². The molecule has 1 heterocycles. The van der Waals surface area contributed by atoms with Crippen molar-refractivity contribution < 1.29 is 4.79 Å². The van der Waals surface area contributed by atoms with Crippen LogP contribution in [0.3, 0.4) is 0 Å². The van der Waals surface area contributed by atoms with E-state index in [1.807, 2.05) is 0 Å². The third kappa shape index (κ3) is 0.447. The Morgan fingerprint density at radius 2 is 1.79 bits per heavy atom. The van der Waals surface area contributed by atoms with Crippen molar-refractivity contribution in [1.29, 1.82) is 0 Å². The zero-order valence-corrected chi connectivity index (χ0v) is 6.87. The van der Waals surface area contributed by atoms with Gasteiger partial charge in [-0.05, 0) is 6.07 Å². The molecule has 4 rings (SSSR count). The second kappa shape index (κ2) is 1.59. The molecule has 2 bridgehead atoms. The van der Waals surface area contributed by atoms with Crippen LogP contribution in [0, 0.1) is 0 Å². The number of benzene rings is 1. The van der Waals surface area contributed by atoms with E-state index < -0.39 is 0 Å². The van der Waals surface area contributed by atoms with Crippen molar-refractivity contribution in [3.05, 3.63) is 33.5 Å². The molecule has 14 heavy (non-hydrogen) atoms. The lowest BCUT2D eigenvalue weighted by Crippen LogP contribution is -2.09. The van der Waals surface area contributed by atoms with Gasteiger partial charge in [-0.3, -0.25) is 9.59 Å². The third-order valence-corrected chi connectivity index (χ3v) is 2.79. The van der Waals surface area contributed by atoms with Gasteiger partial charge < -0.3 is 0 Å². The van der Waals surface area contributed by atoms with Gasteiger partial charge in [0.15, 0.2) is 5.43 Å². The monoisotopic (exact) mass is 182 g/mol. The van der Waals surface area contributed by atoms with Crippen LogP contribution in [0.25, 0.3) is 10.8 Å². The summed E-state index contributed by atoms with van der Waals surface area (Å²) >= 11 is 0. The lowest BCUT2D eigenvalue weighted by atomic mass is 10.1. The van der Waals surface area contributed by atoms with Crippen LogP contribution in [0.15, 0.2) is 27.1 Å². The minimum atomic E-state index is -0.145. The van der Waals surface area contributed by atoms with Gasteiger partial charge in [0.1, 0.15) is 11.4 Å². The van der Waals surface area contributed by atoms with Crippen molar-refractivity contribution in [2.24, 2.45) is 10.2 Å². The number of rotatable bonds is 0. The van der Waals surface area contributed by atoms with Crippen molar-refractivity contribution in [3.63, 3.8) is 0 Å². The molecule has 2 aromatic carbocycles. The minimum absolute atomic E-state index is 0.0369. The summed E-state index contributed by atoms with van der Waals surface area (Å²) in [5.74, 6) is -0.145. The average Bonchev–Trinajstić information content (AvgIpc) is 2.60. The van der Waals surface area contributed by atoms with E-state index in [-0.39, 0.29) is 11.2 Å². The molecule has 4 nitrogen and oxygen atoms in total. The van der Waals surface area contributed by atoms with E-state index in [1.54, 1.807) is 12.1 Å². The van der Waals surface area contributed by atoms with Crippen molar-refractivity contribution in [1.82, 2.24) is 0 Å². The molecule has 0 aromatic heterocycles. The summed E-state index contributed by atoms with van der Waals surface area (Å²) in [7, 11) is 0. The van der Waals surface area contributed by atoms with Crippen LogP contribution < -0.4 is 5.43 Å².